The summed E-state index contributed by atoms with van der Waals surface area (Å²) in [6.45, 7) is 0.560. The number of nitrogens with zero attached hydrogens (tertiary/aromatic N) is 1. The van der Waals surface area contributed by atoms with Crippen LogP contribution in [-0.4, -0.2) is 18.5 Å². The lowest BCUT2D eigenvalue weighted by Gasteiger charge is -2.20. The third-order valence-electron chi connectivity index (χ3n) is 3.17. The van der Waals surface area contributed by atoms with Gasteiger partial charge in [-0.25, -0.2) is 0 Å². The molecule has 3 nitrogen and oxygen atoms in total. The highest BCUT2D eigenvalue weighted by Gasteiger charge is 2.29. The lowest BCUT2D eigenvalue weighted by molar-refractivity contribution is -0.0328. The summed E-state index contributed by atoms with van der Waals surface area (Å²) in [5.74, 6) is -0.484. The van der Waals surface area contributed by atoms with Crippen molar-refractivity contribution >= 4 is 23.4 Å². The van der Waals surface area contributed by atoms with Crippen LogP contribution in [0.2, 0.25) is 0 Å². The number of anilines is 1. The maximum Gasteiger partial charge on any atom is 0.446 e. The van der Waals surface area contributed by atoms with E-state index < -0.39 is 11.4 Å². The number of benzene rings is 2. The quantitative estimate of drug-likeness (QED) is 0.836. The van der Waals surface area contributed by atoms with Crippen molar-refractivity contribution in [1.82, 2.24) is 0 Å². The first-order valence-electron chi connectivity index (χ1n) is 6.70. The molecule has 2 aromatic rings. The molecule has 1 amide bonds. The van der Waals surface area contributed by atoms with E-state index in [0.717, 1.165) is 11.3 Å². The molecule has 0 fully saturated rings. The molecule has 0 aromatic heterocycles. The first-order chi connectivity index (χ1) is 10.7. The number of carbonyl (C=O) groups excluding carboxylic acids is 1. The van der Waals surface area contributed by atoms with Crippen molar-refractivity contribution in [3.8, 4) is 0 Å². The molecule has 0 bridgehead atoms. The number of thioether (sulfide) groups is 1. The Labute approximate surface area is 136 Å². The number of halogens is 3. The van der Waals surface area contributed by atoms with Gasteiger partial charge in [0.15, 0.2) is 0 Å². The maximum absolute atomic E-state index is 12.3. The van der Waals surface area contributed by atoms with Gasteiger partial charge in [0.1, 0.15) is 0 Å². The Morgan fingerprint density at radius 2 is 1.65 bits per heavy atom. The van der Waals surface area contributed by atoms with Crippen molar-refractivity contribution in [2.24, 2.45) is 5.73 Å². The van der Waals surface area contributed by atoms with Crippen LogP contribution in [0, 0.1) is 0 Å². The van der Waals surface area contributed by atoms with Crippen LogP contribution in [0.3, 0.4) is 0 Å². The summed E-state index contributed by atoms with van der Waals surface area (Å²) in [6.07, 6.45) is 0. The predicted molar refractivity (Wildman–Crippen MR) is 85.4 cm³/mol. The molecule has 7 heteroatoms. The topological polar surface area (TPSA) is 46.3 Å². The average molecular weight is 340 g/mol. The molecular formula is C16H15F3N2OS. The summed E-state index contributed by atoms with van der Waals surface area (Å²) in [4.78, 5) is 13.1. The Bertz CT molecular complexity index is 669. The normalized spacial score (nSPS) is 11.3. The Morgan fingerprint density at radius 3 is 2.13 bits per heavy atom. The highest BCUT2D eigenvalue weighted by molar-refractivity contribution is 8.00. The van der Waals surface area contributed by atoms with Gasteiger partial charge < -0.3 is 10.6 Å². The molecule has 0 saturated heterocycles. The minimum absolute atomic E-state index is 0.133. The minimum Gasteiger partial charge on any atom is -0.370 e. The van der Waals surface area contributed by atoms with E-state index in [1.165, 1.54) is 12.1 Å². The number of hydrogen-bond donors (Lipinski definition) is 1. The number of amides is 1. The molecule has 0 atom stereocenters. The molecule has 2 N–H and O–H groups in total. The second-order valence-corrected chi connectivity index (χ2v) is 6.10. The van der Waals surface area contributed by atoms with Gasteiger partial charge in [-0.05, 0) is 53.7 Å². The summed E-state index contributed by atoms with van der Waals surface area (Å²) in [5.41, 5.74) is 3.10. The highest BCUT2D eigenvalue weighted by atomic mass is 32.2. The van der Waals surface area contributed by atoms with Gasteiger partial charge in [-0.1, -0.05) is 12.1 Å². The average Bonchev–Trinajstić information content (AvgIpc) is 2.46. The number of alkyl halides is 3. The zero-order valence-electron chi connectivity index (χ0n) is 12.3. The lowest BCUT2D eigenvalue weighted by atomic mass is 10.1. The predicted octanol–water partition coefficient (Wildman–Crippen LogP) is 4.03. The van der Waals surface area contributed by atoms with Crippen molar-refractivity contribution < 1.29 is 18.0 Å². The van der Waals surface area contributed by atoms with Crippen molar-refractivity contribution in [2.45, 2.75) is 16.9 Å². The number of rotatable bonds is 5. The van der Waals surface area contributed by atoms with Gasteiger partial charge in [-0.15, -0.1) is 0 Å². The van der Waals surface area contributed by atoms with Crippen LogP contribution in [0.25, 0.3) is 0 Å². The van der Waals surface area contributed by atoms with E-state index in [9.17, 15) is 18.0 Å². The highest BCUT2D eigenvalue weighted by Crippen LogP contribution is 2.37. The van der Waals surface area contributed by atoms with Gasteiger partial charge in [0, 0.05) is 29.7 Å². The summed E-state index contributed by atoms with van der Waals surface area (Å²) in [6, 6.07) is 13.1. The molecule has 0 spiro atoms. The summed E-state index contributed by atoms with van der Waals surface area (Å²) < 4.78 is 36.9. The van der Waals surface area contributed by atoms with Gasteiger partial charge in [0.2, 0.25) is 5.91 Å². The molecule has 0 saturated carbocycles. The molecule has 23 heavy (non-hydrogen) atoms. The van der Waals surface area contributed by atoms with Crippen LogP contribution in [0.1, 0.15) is 15.9 Å². The molecule has 2 aromatic carbocycles. The fraction of sp³-hybridized carbons (Fsp3) is 0.188. The van der Waals surface area contributed by atoms with Crippen molar-refractivity contribution in [1.29, 1.82) is 0 Å². The summed E-state index contributed by atoms with van der Waals surface area (Å²) in [5, 5.41) is 0. The Morgan fingerprint density at radius 1 is 1.09 bits per heavy atom. The van der Waals surface area contributed by atoms with Crippen molar-refractivity contribution in [3.05, 3.63) is 59.7 Å². The van der Waals surface area contributed by atoms with Gasteiger partial charge in [0.05, 0.1) is 0 Å². The third kappa shape index (κ3) is 5.21. The van der Waals surface area contributed by atoms with Crippen LogP contribution >= 0.6 is 11.8 Å². The van der Waals surface area contributed by atoms with Crippen molar-refractivity contribution in [2.75, 3.05) is 11.9 Å². The largest absolute Gasteiger partial charge is 0.446 e. The molecule has 0 aliphatic carbocycles. The van der Waals surface area contributed by atoms with E-state index in [-0.39, 0.29) is 16.7 Å². The van der Waals surface area contributed by atoms with E-state index in [1.54, 1.807) is 36.4 Å². The SMILES string of the molecule is CN(Cc1ccc(C(N)=O)cc1)c1ccc(SC(F)(F)F)cc1. The van der Waals surface area contributed by atoms with Crippen LogP contribution < -0.4 is 10.6 Å². The molecule has 0 aliphatic rings. The van der Waals surface area contributed by atoms with Gasteiger partial charge in [-0.3, -0.25) is 4.79 Å². The minimum atomic E-state index is -4.28. The zero-order chi connectivity index (χ0) is 17.0. The Hall–Kier alpha value is -2.15. The van der Waals surface area contributed by atoms with E-state index >= 15 is 0 Å². The fourth-order valence-corrected chi connectivity index (χ4v) is 2.58. The molecule has 0 radical (unpaired) electrons. The van der Waals surface area contributed by atoms with E-state index in [0.29, 0.717) is 12.1 Å². The van der Waals surface area contributed by atoms with Gasteiger partial charge in [-0.2, -0.15) is 13.2 Å². The van der Waals surface area contributed by atoms with Crippen molar-refractivity contribution in [3.63, 3.8) is 0 Å². The molecule has 0 unspecified atom stereocenters. The Kier molecular flexibility index (Phi) is 5.20. The zero-order valence-corrected chi connectivity index (χ0v) is 13.1. The smallest absolute Gasteiger partial charge is 0.370 e. The fourth-order valence-electron chi connectivity index (χ4n) is 2.04. The van der Waals surface area contributed by atoms with E-state index in [1.807, 2.05) is 11.9 Å². The molecule has 0 aliphatic heterocycles. The first-order valence-corrected chi connectivity index (χ1v) is 7.52. The van der Waals surface area contributed by atoms with Crippen LogP contribution in [0.15, 0.2) is 53.4 Å². The molecule has 122 valence electrons. The second-order valence-electron chi connectivity index (χ2n) is 4.96. The second kappa shape index (κ2) is 6.95. The summed E-state index contributed by atoms with van der Waals surface area (Å²) in [7, 11) is 1.84. The van der Waals surface area contributed by atoms with Crippen LogP contribution in [0.5, 0.6) is 0 Å². The Balaban J connectivity index is 2.02. The van der Waals surface area contributed by atoms with E-state index in [2.05, 4.69) is 0 Å². The third-order valence-corrected chi connectivity index (χ3v) is 3.91. The number of nitrogens with two attached hydrogens (primary N) is 1. The number of primary amides is 1. The first kappa shape index (κ1) is 17.2. The molecule has 2 rings (SSSR count). The van der Waals surface area contributed by atoms with Gasteiger partial charge >= 0.3 is 5.51 Å². The molecular weight excluding hydrogens is 325 g/mol. The lowest BCUT2D eigenvalue weighted by Crippen LogP contribution is -2.16. The van der Waals surface area contributed by atoms with Crippen LogP contribution in [-0.2, 0) is 6.54 Å². The van der Waals surface area contributed by atoms with E-state index in [4.69, 9.17) is 5.73 Å². The number of hydrogen-bond acceptors (Lipinski definition) is 3. The van der Waals surface area contributed by atoms with Crippen LogP contribution in [0.4, 0.5) is 18.9 Å². The monoisotopic (exact) mass is 340 g/mol. The number of carbonyl (C=O) groups is 1. The van der Waals surface area contributed by atoms with Gasteiger partial charge in [0.25, 0.3) is 0 Å². The standard InChI is InChI=1S/C16H15F3N2OS/c1-21(10-11-2-4-12(5-3-11)15(20)22)13-6-8-14(9-7-13)23-16(17,18)19/h2-9H,10H2,1H3,(H2,20,22). The maximum atomic E-state index is 12.3. The molecule has 0 heterocycles. The summed E-state index contributed by atoms with van der Waals surface area (Å²) >= 11 is -0.133.